The summed E-state index contributed by atoms with van der Waals surface area (Å²) in [4.78, 5) is 4.00. The maximum atomic E-state index is 5.78. The van der Waals surface area contributed by atoms with Gasteiger partial charge in [-0.3, -0.25) is 0 Å². The first-order chi connectivity index (χ1) is 13.8. The first-order valence-electron chi connectivity index (χ1n) is 10.4. The summed E-state index contributed by atoms with van der Waals surface area (Å²) in [6.45, 7) is 8.04. The van der Waals surface area contributed by atoms with Gasteiger partial charge < -0.3 is 19.3 Å². The first kappa shape index (κ1) is 19.1. The Morgan fingerprint density at radius 2 is 2.18 bits per heavy atom. The minimum absolute atomic E-state index is 0.250. The molecule has 28 heavy (non-hydrogen) atoms. The van der Waals surface area contributed by atoms with Crippen LogP contribution in [0, 0.1) is 0 Å². The fraction of sp³-hybridized carbons (Fsp3) is 0.650. The van der Waals surface area contributed by atoms with Gasteiger partial charge in [0.25, 0.3) is 0 Å². The van der Waals surface area contributed by atoms with E-state index in [1.54, 1.807) is 12.0 Å². The predicted octanol–water partition coefficient (Wildman–Crippen LogP) is 0.717. The third-order valence-corrected chi connectivity index (χ3v) is 6.00. The van der Waals surface area contributed by atoms with Crippen LogP contribution >= 0.6 is 0 Å². The van der Waals surface area contributed by atoms with Crippen molar-refractivity contribution in [2.45, 2.75) is 44.9 Å². The van der Waals surface area contributed by atoms with E-state index in [0.29, 0.717) is 6.04 Å². The lowest BCUT2D eigenvalue weighted by Crippen LogP contribution is -3.15. The van der Waals surface area contributed by atoms with Crippen molar-refractivity contribution in [1.29, 1.82) is 0 Å². The van der Waals surface area contributed by atoms with E-state index in [4.69, 9.17) is 9.47 Å². The zero-order valence-corrected chi connectivity index (χ0v) is 16.9. The second-order valence-electron chi connectivity index (χ2n) is 7.66. The van der Waals surface area contributed by atoms with E-state index in [0.717, 1.165) is 70.2 Å². The van der Waals surface area contributed by atoms with E-state index in [-0.39, 0.29) is 6.10 Å². The van der Waals surface area contributed by atoms with Crippen LogP contribution in [0.1, 0.15) is 38.1 Å². The van der Waals surface area contributed by atoms with Crippen molar-refractivity contribution in [2.24, 2.45) is 0 Å². The average molecular weight is 388 g/mol. The monoisotopic (exact) mass is 387 g/mol. The second-order valence-corrected chi connectivity index (χ2v) is 7.66. The average Bonchev–Trinajstić information content (AvgIpc) is 3.42. The maximum absolute atomic E-state index is 5.78. The van der Waals surface area contributed by atoms with Gasteiger partial charge in [-0.2, -0.15) is 0 Å². The number of anilines is 1. The van der Waals surface area contributed by atoms with Gasteiger partial charge in [0.2, 0.25) is 5.82 Å². The molecular formula is C20H31N6O2+. The number of ether oxygens (including phenoxy) is 2. The topological polar surface area (TPSA) is 69.7 Å². The van der Waals surface area contributed by atoms with Gasteiger partial charge in [0.15, 0.2) is 0 Å². The van der Waals surface area contributed by atoms with Gasteiger partial charge in [0.05, 0.1) is 45.9 Å². The molecule has 0 unspecified atom stereocenters. The van der Waals surface area contributed by atoms with Crippen LogP contribution in [0.2, 0.25) is 0 Å². The number of methoxy groups -OCH3 is 1. The summed E-state index contributed by atoms with van der Waals surface area (Å²) in [6, 6.07) is 8.65. The molecule has 2 aliphatic rings. The molecule has 2 fully saturated rings. The van der Waals surface area contributed by atoms with Crippen LogP contribution in [0.15, 0.2) is 24.3 Å². The molecule has 0 radical (unpaired) electrons. The molecule has 1 aromatic heterocycles. The number of hydrogen-bond donors (Lipinski definition) is 1. The van der Waals surface area contributed by atoms with Gasteiger partial charge in [-0.15, -0.1) is 5.10 Å². The SMILES string of the molecule is CC[C@@H](c1nnnn1C[C@@H]1CCCO1)[NH+]1CCN(c2cccc(OC)c2)CC1. The molecule has 1 N–H and O–H groups in total. The highest BCUT2D eigenvalue weighted by molar-refractivity contribution is 5.50. The molecule has 0 saturated carbocycles. The molecule has 0 aliphatic carbocycles. The van der Waals surface area contributed by atoms with Crippen LogP contribution < -0.4 is 14.5 Å². The lowest BCUT2D eigenvalue weighted by Gasteiger charge is -2.37. The smallest absolute Gasteiger partial charge is 0.209 e. The zero-order valence-electron chi connectivity index (χ0n) is 16.9. The van der Waals surface area contributed by atoms with Crippen molar-refractivity contribution in [3.63, 3.8) is 0 Å². The Morgan fingerprint density at radius 1 is 1.32 bits per heavy atom. The number of nitrogens with zero attached hydrogens (tertiary/aromatic N) is 5. The number of aromatic nitrogens is 4. The van der Waals surface area contributed by atoms with Crippen LogP contribution in [0.3, 0.4) is 0 Å². The summed E-state index contributed by atoms with van der Waals surface area (Å²) in [5, 5.41) is 12.6. The highest BCUT2D eigenvalue weighted by Crippen LogP contribution is 2.21. The number of tetrazole rings is 1. The highest BCUT2D eigenvalue weighted by Gasteiger charge is 2.32. The molecule has 0 spiro atoms. The van der Waals surface area contributed by atoms with Crippen molar-refractivity contribution >= 4 is 5.69 Å². The van der Waals surface area contributed by atoms with Crippen LogP contribution in [0.25, 0.3) is 0 Å². The molecule has 0 bridgehead atoms. The number of quaternary nitrogens is 1. The molecule has 2 aliphatic heterocycles. The van der Waals surface area contributed by atoms with Crippen molar-refractivity contribution in [1.82, 2.24) is 20.2 Å². The highest BCUT2D eigenvalue weighted by atomic mass is 16.5. The summed E-state index contributed by atoms with van der Waals surface area (Å²) in [5.74, 6) is 1.91. The third kappa shape index (κ3) is 4.12. The van der Waals surface area contributed by atoms with E-state index < -0.39 is 0 Å². The van der Waals surface area contributed by atoms with Crippen molar-refractivity contribution in [3.05, 3.63) is 30.1 Å². The van der Waals surface area contributed by atoms with E-state index in [2.05, 4.69) is 45.5 Å². The Labute approximate surface area is 166 Å². The molecule has 3 heterocycles. The number of piperazine rings is 1. The molecule has 2 saturated heterocycles. The third-order valence-electron chi connectivity index (χ3n) is 6.00. The standard InChI is InChI=1S/C20H30N6O2/c1-3-19(20-21-22-23-26(20)15-18-8-5-13-28-18)25-11-9-24(10-12-25)16-6-4-7-17(14-16)27-2/h4,6-7,14,18-19H,3,5,8-13,15H2,1-2H3/p+1/t18-,19-/m0/s1. The van der Waals surface area contributed by atoms with Gasteiger partial charge in [-0.1, -0.05) is 13.0 Å². The summed E-state index contributed by atoms with van der Waals surface area (Å²) >= 11 is 0. The van der Waals surface area contributed by atoms with E-state index in [1.807, 2.05) is 10.7 Å². The largest absolute Gasteiger partial charge is 0.497 e. The normalized spacial score (nSPS) is 21.8. The number of nitrogens with one attached hydrogen (secondary N) is 1. The number of benzene rings is 1. The molecule has 4 rings (SSSR count). The van der Waals surface area contributed by atoms with E-state index in [9.17, 15) is 0 Å². The Hall–Kier alpha value is -2.19. The van der Waals surface area contributed by atoms with Crippen molar-refractivity contribution in [3.8, 4) is 5.75 Å². The maximum Gasteiger partial charge on any atom is 0.209 e. The van der Waals surface area contributed by atoms with Crippen molar-refractivity contribution < 1.29 is 14.4 Å². The number of hydrogen-bond acceptors (Lipinski definition) is 6. The Balaban J connectivity index is 1.41. The molecule has 152 valence electrons. The summed E-state index contributed by atoms with van der Waals surface area (Å²) in [7, 11) is 1.72. The van der Waals surface area contributed by atoms with E-state index in [1.165, 1.54) is 5.69 Å². The zero-order chi connectivity index (χ0) is 19.3. The fourth-order valence-electron chi connectivity index (χ4n) is 4.43. The van der Waals surface area contributed by atoms with E-state index >= 15 is 0 Å². The van der Waals surface area contributed by atoms with Gasteiger partial charge in [0, 0.05) is 24.8 Å². The van der Waals surface area contributed by atoms with Crippen molar-refractivity contribution in [2.75, 3.05) is 44.8 Å². The lowest BCUT2D eigenvalue weighted by atomic mass is 10.1. The molecule has 2 aromatic rings. The lowest BCUT2D eigenvalue weighted by molar-refractivity contribution is -0.933. The minimum atomic E-state index is 0.250. The molecule has 8 nitrogen and oxygen atoms in total. The van der Waals surface area contributed by atoms with Crippen LogP contribution in [-0.2, 0) is 11.3 Å². The van der Waals surface area contributed by atoms with Gasteiger partial charge >= 0.3 is 0 Å². The molecule has 8 heteroatoms. The van der Waals surface area contributed by atoms with Gasteiger partial charge in [-0.05, 0) is 35.4 Å². The summed E-state index contributed by atoms with van der Waals surface area (Å²) < 4.78 is 13.1. The molecular weight excluding hydrogens is 356 g/mol. The minimum Gasteiger partial charge on any atom is -0.497 e. The molecule has 0 amide bonds. The van der Waals surface area contributed by atoms with Gasteiger partial charge in [-0.25, -0.2) is 4.68 Å². The quantitative estimate of drug-likeness (QED) is 0.755. The molecule has 1 aromatic carbocycles. The Morgan fingerprint density at radius 3 is 2.89 bits per heavy atom. The fourth-order valence-corrected chi connectivity index (χ4v) is 4.43. The second kappa shape index (κ2) is 8.87. The number of rotatable bonds is 7. The predicted molar refractivity (Wildman–Crippen MR) is 106 cm³/mol. The van der Waals surface area contributed by atoms with Gasteiger partial charge in [0.1, 0.15) is 11.8 Å². The Kier molecular flexibility index (Phi) is 6.07. The Bertz CT molecular complexity index is 753. The van der Waals surface area contributed by atoms with Crippen LogP contribution in [0.5, 0.6) is 5.75 Å². The van der Waals surface area contributed by atoms with Crippen LogP contribution in [0.4, 0.5) is 5.69 Å². The summed E-state index contributed by atoms with van der Waals surface area (Å²) in [6.07, 6.45) is 3.51. The van der Waals surface area contributed by atoms with Crippen LogP contribution in [-0.4, -0.2) is 66.2 Å². The first-order valence-corrected chi connectivity index (χ1v) is 10.4. The molecule has 2 atom stereocenters. The summed E-state index contributed by atoms with van der Waals surface area (Å²) in [5.41, 5.74) is 1.23.